The summed E-state index contributed by atoms with van der Waals surface area (Å²) in [7, 11) is 0. The van der Waals surface area contributed by atoms with Gasteiger partial charge in [-0.15, -0.1) is 0 Å². The number of rotatable bonds is 7. The monoisotopic (exact) mass is 530 g/mol. The number of aliphatic hydroxyl groups is 1. The number of aliphatic hydroxyl groups excluding tert-OH is 1. The maximum absolute atomic E-state index is 10.3. The molecular weight excluding hydrogens is 496 g/mol. The summed E-state index contributed by atoms with van der Waals surface area (Å²) < 4.78 is 18.6. The van der Waals surface area contributed by atoms with E-state index >= 15 is 0 Å². The maximum Gasteiger partial charge on any atom is 0.225 e. The average molecular weight is 531 g/mol. The fraction of sp³-hybridized carbons (Fsp3) is 0.448. The van der Waals surface area contributed by atoms with Crippen LogP contribution in [0.1, 0.15) is 50.7 Å². The van der Waals surface area contributed by atoms with Gasteiger partial charge in [-0.3, -0.25) is 9.97 Å². The third-order valence-corrected chi connectivity index (χ3v) is 7.28. The zero-order valence-electron chi connectivity index (χ0n) is 22.6. The smallest absolute Gasteiger partial charge is 0.225 e. The summed E-state index contributed by atoms with van der Waals surface area (Å²) >= 11 is 0. The van der Waals surface area contributed by atoms with Crippen LogP contribution in [0.4, 0.5) is 11.8 Å². The van der Waals surface area contributed by atoms with Gasteiger partial charge in [0.25, 0.3) is 0 Å². The molecule has 0 spiro atoms. The first-order valence-electron chi connectivity index (χ1n) is 13.5. The molecule has 4 unspecified atom stereocenters. The Kier molecular flexibility index (Phi) is 6.70. The van der Waals surface area contributed by atoms with E-state index < -0.39 is 18.1 Å². The molecule has 1 aliphatic heterocycles. The zero-order chi connectivity index (χ0) is 27.1. The van der Waals surface area contributed by atoms with Crippen LogP contribution in [-0.2, 0) is 22.4 Å². The van der Waals surface area contributed by atoms with Crippen LogP contribution in [0, 0.1) is 12.8 Å². The van der Waals surface area contributed by atoms with E-state index in [2.05, 4.69) is 27.5 Å². The van der Waals surface area contributed by atoms with Crippen molar-refractivity contribution in [2.75, 3.05) is 10.6 Å². The van der Waals surface area contributed by atoms with Crippen LogP contribution < -0.4 is 10.6 Å². The van der Waals surface area contributed by atoms with Crippen LogP contribution in [0.25, 0.3) is 22.3 Å². The number of aryl methyl sites for hydroxylation is 2. The third kappa shape index (κ3) is 5.45. The predicted octanol–water partition coefficient (Wildman–Crippen LogP) is 4.82. The molecule has 0 aromatic carbocycles. The quantitative estimate of drug-likeness (QED) is 0.306. The van der Waals surface area contributed by atoms with E-state index in [1.165, 1.54) is 0 Å². The van der Waals surface area contributed by atoms with Gasteiger partial charge >= 0.3 is 0 Å². The van der Waals surface area contributed by atoms with Gasteiger partial charge in [0, 0.05) is 23.2 Å². The molecule has 2 aliphatic rings. The van der Waals surface area contributed by atoms with Crippen LogP contribution in [0.2, 0.25) is 0 Å². The first-order chi connectivity index (χ1) is 18.8. The summed E-state index contributed by atoms with van der Waals surface area (Å²) in [6.45, 7) is 8.25. The third-order valence-electron chi connectivity index (χ3n) is 7.28. The number of nitrogens with one attached hydrogen (secondary N) is 2. The van der Waals surface area contributed by atoms with E-state index in [9.17, 15) is 5.11 Å². The minimum Gasteiger partial charge on any atom is -0.454 e. The van der Waals surface area contributed by atoms with Crippen LogP contribution in [0.3, 0.4) is 0 Å². The molecule has 0 amide bonds. The molecule has 4 atom stereocenters. The highest BCUT2D eigenvalue weighted by Gasteiger charge is 2.54. The second kappa shape index (κ2) is 10.2. The van der Waals surface area contributed by atoms with Gasteiger partial charge in [0.1, 0.15) is 17.8 Å². The highest BCUT2D eigenvalue weighted by atomic mass is 16.7. The van der Waals surface area contributed by atoms with Gasteiger partial charge in [-0.05, 0) is 64.3 Å². The standard InChI is InChI=1S/C29H34N6O4/c1-5-18-12-17-13-21(37-22(17)15-31-18)24-16(2)33-28(32-14-19-8-6-7-11-30-19)35-27(24)34-23-10-9-20-25(36)26(20)39-29(3,4)38-23/h6-8,11-13,15,20,23,25-26,36H,5,9-10,14H2,1-4H3,(H2,32,33,34,35). The number of anilines is 2. The lowest BCUT2D eigenvalue weighted by Gasteiger charge is -2.33. The Hall–Kier alpha value is -3.60. The zero-order valence-corrected chi connectivity index (χ0v) is 22.6. The fourth-order valence-electron chi connectivity index (χ4n) is 5.20. The van der Waals surface area contributed by atoms with Crippen molar-refractivity contribution in [2.24, 2.45) is 5.92 Å². The van der Waals surface area contributed by atoms with Gasteiger partial charge in [0.05, 0.1) is 41.9 Å². The summed E-state index contributed by atoms with van der Waals surface area (Å²) in [4.78, 5) is 18.5. The highest BCUT2D eigenvalue weighted by Crippen LogP contribution is 2.44. The van der Waals surface area contributed by atoms with Gasteiger partial charge in [-0.2, -0.15) is 4.98 Å². The Bertz CT molecular complexity index is 1470. The Morgan fingerprint density at radius 1 is 1.08 bits per heavy atom. The van der Waals surface area contributed by atoms with E-state index in [1.807, 2.05) is 51.1 Å². The van der Waals surface area contributed by atoms with Crippen molar-refractivity contribution in [2.45, 2.75) is 77.7 Å². The minimum atomic E-state index is -0.873. The molecule has 1 aliphatic carbocycles. The lowest BCUT2D eigenvalue weighted by molar-refractivity contribution is -0.248. The van der Waals surface area contributed by atoms with Crippen molar-refractivity contribution in [3.63, 3.8) is 0 Å². The molecule has 4 aromatic rings. The lowest BCUT2D eigenvalue weighted by atomic mass is 10.1. The molecule has 5 heterocycles. The molecular formula is C29H34N6O4. The summed E-state index contributed by atoms with van der Waals surface area (Å²) in [6.07, 6.45) is 4.82. The SMILES string of the molecule is CCc1cc2cc(-c3c(C)nc(NCc4ccccn4)nc3NC3CCC4C(O)C4OC(C)(C)O3)oc2cn1. The minimum absolute atomic E-state index is 0.121. The van der Waals surface area contributed by atoms with Crippen LogP contribution in [0.5, 0.6) is 0 Å². The second-order valence-corrected chi connectivity index (χ2v) is 10.7. The van der Waals surface area contributed by atoms with E-state index in [0.717, 1.165) is 40.9 Å². The Labute approximate surface area is 227 Å². The van der Waals surface area contributed by atoms with E-state index in [0.29, 0.717) is 36.1 Å². The molecule has 10 nitrogen and oxygen atoms in total. The molecule has 2 fully saturated rings. The summed E-state index contributed by atoms with van der Waals surface area (Å²) in [5, 5.41) is 18.0. The normalized spacial score (nSPS) is 24.0. The van der Waals surface area contributed by atoms with E-state index in [-0.39, 0.29) is 12.0 Å². The number of ether oxygens (including phenoxy) is 2. The summed E-state index contributed by atoms with van der Waals surface area (Å²) in [5.74, 6) is 0.950. The number of pyridine rings is 2. The summed E-state index contributed by atoms with van der Waals surface area (Å²) in [5.41, 5.74) is 4.09. The first-order valence-corrected chi connectivity index (χ1v) is 13.5. The van der Waals surface area contributed by atoms with Crippen molar-refractivity contribution < 1.29 is 19.0 Å². The molecule has 10 heteroatoms. The molecule has 0 radical (unpaired) electrons. The van der Waals surface area contributed by atoms with E-state index in [4.69, 9.17) is 23.9 Å². The van der Waals surface area contributed by atoms with Gasteiger partial charge in [-0.1, -0.05) is 13.0 Å². The van der Waals surface area contributed by atoms with Gasteiger partial charge in [-0.25, -0.2) is 4.98 Å². The Balaban J connectivity index is 1.35. The molecule has 39 heavy (non-hydrogen) atoms. The fourth-order valence-corrected chi connectivity index (χ4v) is 5.20. The Morgan fingerprint density at radius 3 is 2.74 bits per heavy atom. The Morgan fingerprint density at radius 2 is 1.95 bits per heavy atom. The van der Waals surface area contributed by atoms with Gasteiger partial charge in [0.15, 0.2) is 11.4 Å². The molecule has 204 valence electrons. The van der Waals surface area contributed by atoms with Gasteiger partial charge in [0.2, 0.25) is 5.95 Å². The largest absolute Gasteiger partial charge is 0.454 e. The van der Waals surface area contributed by atoms with Crippen molar-refractivity contribution in [1.82, 2.24) is 19.9 Å². The second-order valence-electron chi connectivity index (χ2n) is 10.7. The first kappa shape index (κ1) is 25.7. The molecule has 0 bridgehead atoms. The molecule has 6 rings (SSSR count). The summed E-state index contributed by atoms with van der Waals surface area (Å²) in [6, 6.07) is 9.83. The predicted molar refractivity (Wildman–Crippen MR) is 147 cm³/mol. The molecule has 3 N–H and O–H groups in total. The van der Waals surface area contributed by atoms with Crippen molar-refractivity contribution in [3.05, 3.63) is 59.8 Å². The number of hydrogen-bond donors (Lipinski definition) is 3. The topological polar surface area (TPSA) is 127 Å². The molecule has 4 aromatic heterocycles. The number of hydrogen-bond acceptors (Lipinski definition) is 10. The number of furan rings is 1. The van der Waals surface area contributed by atoms with Crippen LogP contribution in [0.15, 0.2) is 47.1 Å². The molecule has 1 saturated carbocycles. The average Bonchev–Trinajstić information content (AvgIpc) is 3.29. The van der Waals surface area contributed by atoms with Crippen LogP contribution in [-0.4, -0.2) is 49.3 Å². The van der Waals surface area contributed by atoms with Crippen molar-refractivity contribution >= 4 is 22.7 Å². The molecule has 1 saturated heterocycles. The lowest BCUT2D eigenvalue weighted by Crippen LogP contribution is -2.40. The van der Waals surface area contributed by atoms with Gasteiger partial charge < -0.3 is 29.6 Å². The van der Waals surface area contributed by atoms with Crippen molar-refractivity contribution in [3.8, 4) is 11.3 Å². The van der Waals surface area contributed by atoms with Crippen LogP contribution >= 0.6 is 0 Å². The number of fused-ring (bicyclic) bond motifs is 2. The number of aromatic nitrogens is 4. The van der Waals surface area contributed by atoms with Crippen molar-refractivity contribution in [1.29, 1.82) is 0 Å². The maximum atomic E-state index is 10.3. The highest BCUT2D eigenvalue weighted by molar-refractivity contribution is 5.86. The van der Waals surface area contributed by atoms with E-state index in [1.54, 1.807) is 12.4 Å². The number of nitrogens with zero attached hydrogens (tertiary/aromatic N) is 4.